The summed E-state index contributed by atoms with van der Waals surface area (Å²) >= 11 is 0. The molecule has 2 aliphatic rings. The Morgan fingerprint density at radius 1 is 1.07 bits per heavy atom. The summed E-state index contributed by atoms with van der Waals surface area (Å²) in [6.45, 7) is 18.1. The highest BCUT2D eigenvalue weighted by Crippen LogP contribution is 2.40. The summed E-state index contributed by atoms with van der Waals surface area (Å²) in [5.41, 5.74) is 5.58. The van der Waals surface area contributed by atoms with Crippen molar-refractivity contribution in [2.45, 2.75) is 105 Å². The molecule has 1 heterocycles. The Hall–Kier alpha value is -0.795. The Morgan fingerprint density at radius 3 is 2.26 bits per heavy atom. The average Bonchev–Trinajstić information content (AvgIpc) is 2.78. The van der Waals surface area contributed by atoms with Crippen LogP contribution in [0.25, 0.3) is 0 Å². The molecule has 150 valence electrons. The van der Waals surface area contributed by atoms with Crippen LogP contribution in [0.3, 0.4) is 0 Å². The lowest BCUT2D eigenvalue weighted by Crippen LogP contribution is -2.42. The number of benzene rings is 1. The summed E-state index contributed by atoms with van der Waals surface area (Å²) in [4.78, 5) is 0. The van der Waals surface area contributed by atoms with Crippen molar-refractivity contribution in [1.82, 2.24) is 0 Å². The minimum Gasteiger partial charge on any atom is -0.399 e. The third-order valence-electron chi connectivity index (χ3n) is 7.27. The molecule has 0 bridgehead atoms. The van der Waals surface area contributed by atoms with Crippen molar-refractivity contribution in [3.05, 3.63) is 28.8 Å². The van der Waals surface area contributed by atoms with Gasteiger partial charge in [-0.1, -0.05) is 46.2 Å². The van der Waals surface area contributed by atoms with E-state index in [4.69, 9.17) is 9.31 Å². The number of aryl methyl sites for hydroxylation is 2. The van der Waals surface area contributed by atoms with Gasteiger partial charge in [0.25, 0.3) is 0 Å². The van der Waals surface area contributed by atoms with Gasteiger partial charge in [0.1, 0.15) is 0 Å². The van der Waals surface area contributed by atoms with Crippen LogP contribution in [-0.2, 0) is 28.6 Å². The lowest BCUT2D eigenvalue weighted by atomic mass is 9.63. The Balaban J connectivity index is 2.05. The highest BCUT2D eigenvalue weighted by atomic mass is 16.7. The molecule has 0 aromatic heterocycles. The fourth-order valence-corrected chi connectivity index (χ4v) is 4.49. The van der Waals surface area contributed by atoms with Gasteiger partial charge in [0.15, 0.2) is 0 Å². The topological polar surface area (TPSA) is 18.5 Å². The molecule has 0 amide bonds. The predicted molar refractivity (Wildman–Crippen MR) is 116 cm³/mol. The maximum atomic E-state index is 6.54. The molecule has 2 nitrogen and oxygen atoms in total. The van der Waals surface area contributed by atoms with Crippen LogP contribution in [0.1, 0.15) is 91.3 Å². The van der Waals surface area contributed by atoms with Crippen LogP contribution in [0.5, 0.6) is 0 Å². The van der Waals surface area contributed by atoms with E-state index < -0.39 is 0 Å². The van der Waals surface area contributed by atoms with Crippen LogP contribution in [0.2, 0.25) is 0 Å². The summed E-state index contributed by atoms with van der Waals surface area (Å²) < 4.78 is 13.1. The van der Waals surface area contributed by atoms with Gasteiger partial charge in [0, 0.05) is 0 Å². The van der Waals surface area contributed by atoms with Crippen LogP contribution in [0.15, 0.2) is 12.1 Å². The second kappa shape index (κ2) is 7.23. The van der Waals surface area contributed by atoms with Gasteiger partial charge in [-0.05, 0) is 93.3 Å². The average molecular weight is 370 g/mol. The highest BCUT2D eigenvalue weighted by molar-refractivity contribution is 6.63. The maximum absolute atomic E-state index is 6.54. The molecule has 0 spiro atoms. The number of hydrogen-bond acceptors (Lipinski definition) is 2. The van der Waals surface area contributed by atoms with Crippen molar-refractivity contribution in [3.8, 4) is 0 Å². The van der Waals surface area contributed by atoms with E-state index in [2.05, 4.69) is 67.5 Å². The first-order chi connectivity index (χ1) is 12.5. The second-order valence-corrected chi connectivity index (χ2v) is 10.8. The monoisotopic (exact) mass is 370 g/mol. The molecule has 27 heavy (non-hydrogen) atoms. The summed E-state index contributed by atoms with van der Waals surface area (Å²) in [6.07, 6.45) is 7.16. The summed E-state index contributed by atoms with van der Waals surface area (Å²) in [6, 6.07) is 4.74. The van der Waals surface area contributed by atoms with E-state index in [0.717, 1.165) is 12.8 Å². The normalized spacial score (nSPS) is 24.1. The molecular formula is C24H39BO2. The molecule has 3 heteroatoms. The minimum absolute atomic E-state index is 0.240. The third-order valence-corrected chi connectivity index (χ3v) is 7.27. The Kier molecular flexibility index (Phi) is 5.60. The quantitative estimate of drug-likeness (QED) is 0.654. The van der Waals surface area contributed by atoms with Crippen molar-refractivity contribution >= 4 is 12.6 Å². The Morgan fingerprint density at radius 2 is 1.70 bits per heavy atom. The molecule has 0 radical (unpaired) electrons. The smallest absolute Gasteiger partial charge is 0.399 e. The zero-order valence-electron chi connectivity index (χ0n) is 18.9. The van der Waals surface area contributed by atoms with Crippen LogP contribution in [0, 0.1) is 11.3 Å². The van der Waals surface area contributed by atoms with Crippen LogP contribution >= 0.6 is 0 Å². The van der Waals surface area contributed by atoms with Gasteiger partial charge in [0.05, 0.1) is 11.2 Å². The van der Waals surface area contributed by atoms with Crippen LogP contribution in [-0.4, -0.2) is 18.3 Å². The first-order valence-corrected chi connectivity index (χ1v) is 11.0. The standard InChI is InChI=1S/C24H39BO2/c1-9-10-11-18-13-12-17-14-15-19(22(2,3)4)16-20(17)21(18)25-26-23(5,6)24(7,8)27-25/h12-13,19H,9-11,14-16H2,1-8H3. The largest absolute Gasteiger partial charge is 0.495 e. The van der Waals surface area contributed by atoms with Gasteiger partial charge in [-0.2, -0.15) is 0 Å². The molecule has 1 aromatic carbocycles. The van der Waals surface area contributed by atoms with Crippen molar-refractivity contribution in [2.75, 3.05) is 0 Å². The van der Waals surface area contributed by atoms with E-state index in [9.17, 15) is 0 Å². The Bertz CT molecular complexity index is 668. The molecular weight excluding hydrogens is 331 g/mol. The molecule has 1 unspecified atom stereocenters. The van der Waals surface area contributed by atoms with Crippen molar-refractivity contribution in [2.24, 2.45) is 11.3 Å². The van der Waals surface area contributed by atoms with E-state index in [-0.39, 0.29) is 18.3 Å². The van der Waals surface area contributed by atoms with Gasteiger partial charge in [-0.25, -0.2) is 0 Å². The SMILES string of the molecule is CCCCc1ccc2c(c1B1OC(C)(C)C(C)(C)O1)CC(C(C)(C)C)CC2. The molecule has 1 aliphatic carbocycles. The third kappa shape index (κ3) is 4.01. The number of fused-ring (bicyclic) bond motifs is 1. The Labute approximate surface area is 167 Å². The first-order valence-electron chi connectivity index (χ1n) is 11.0. The second-order valence-electron chi connectivity index (χ2n) is 10.8. The van der Waals surface area contributed by atoms with Crippen molar-refractivity contribution in [1.29, 1.82) is 0 Å². The zero-order valence-corrected chi connectivity index (χ0v) is 18.9. The first kappa shape index (κ1) is 20.9. The maximum Gasteiger partial charge on any atom is 0.495 e. The van der Waals surface area contributed by atoms with Crippen LogP contribution in [0.4, 0.5) is 0 Å². The molecule has 0 saturated carbocycles. The van der Waals surface area contributed by atoms with Gasteiger partial charge in [0.2, 0.25) is 0 Å². The minimum atomic E-state index is -0.291. The fraction of sp³-hybridized carbons (Fsp3) is 0.750. The number of rotatable bonds is 4. The van der Waals surface area contributed by atoms with Crippen molar-refractivity contribution in [3.63, 3.8) is 0 Å². The molecule has 1 saturated heterocycles. The molecule has 3 rings (SSSR count). The highest BCUT2D eigenvalue weighted by Gasteiger charge is 2.53. The molecule has 1 atom stereocenters. The molecule has 1 aliphatic heterocycles. The van der Waals surface area contributed by atoms with Crippen molar-refractivity contribution < 1.29 is 9.31 Å². The molecule has 1 fully saturated rings. The fourth-order valence-electron chi connectivity index (χ4n) is 4.49. The summed E-state index contributed by atoms with van der Waals surface area (Å²) in [5, 5.41) is 0. The van der Waals surface area contributed by atoms with E-state index >= 15 is 0 Å². The van der Waals surface area contributed by atoms with Gasteiger partial charge >= 0.3 is 7.12 Å². The van der Waals surface area contributed by atoms with E-state index in [1.807, 2.05) is 0 Å². The van der Waals surface area contributed by atoms with E-state index in [0.29, 0.717) is 11.3 Å². The molecule has 1 aromatic rings. The van der Waals surface area contributed by atoms with Gasteiger partial charge < -0.3 is 9.31 Å². The number of unbranched alkanes of at least 4 members (excludes halogenated alkanes) is 1. The lowest BCUT2D eigenvalue weighted by molar-refractivity contribution is 0.00578. The van der Waals surface area contributed by atoms with Gasteiger partial charge in [-0.3, -0.25) is 0 Å². The van der Waals surface area contributed by atoms with E-state index in [1.165, 1.54) is 47.8 Å². The summed E-state index contributed by atoms with van der Waals surface area (Å²) in [5.74, 6) is 0.715. The zero-order chi connectivity index (χ0) is 20.0. The molecule has 0 N–H and O–H groups in total. The number of hydrogen-bond donors (Lipinski definition) is 0. The van der Waals surface area contributed by atoms with E-state index in [1.54, 1.807) is 0 Å². The van der Waals surface area contributed by atoms with Gasteiger partial charge in [-0.15, -0.1) is 0 Å². The lowest BCUT2D eigenvalue weighted by Gasteiger charge is -2.36. The summed E-state index contributed by atoms with van der Waals surface area (Å²) in [7, 11) is -0.240. The van der Waals surface area contributed by atoms with Crippen LogP contribution < -0.4 is 5.46 Å². The predicted octanol–water partition coefficient (Wildman–Crippen LogP) is 5.48.